The monoisotopic (exact) mass is 275 g/mol. The van der Waals surface area contributed by atoms with E-state index in [4.69, 9.17) is 4.74 Å². The van der Waals surface area contributed by atoms with Crippen LogP contribution in [0.3, 0.4) is 0 Å². The van der Waals surface area contributed by atoms with Crippen molar-refractivity contribution in [2.45, 2.75) is 58.6 Å². The van der Waals surface area contributed by atoms with Gasteiger partial charge in [-0.05, 0) is 64.5 Å². The highest BCUT2D eigenvalue weighted by Gasteiger charge is 2.22. The molecule has 0 spiro atoms. The zero-order valence-electron chi connectivity index (χ0n) is 13.2. The highest BCUT2D eigenvalue weighted by molar-refractivity contribution is 5.22. The summed E-state index contributed by atoms with van der Waals surface area (Å²) >= 11 is 0. The molecule has 0 aromatic heterocycles. The minimum atomic E-state index is 0.339. The molecule has 0 saturated heterocycles. The maximum absolute atomic E-state index is 5.73. The van der Waals surface area contributed by atoms with Gasteiger partial charge in [0.05, 0.1) is 6.10 Å². The number of benzene rings is 1. The van der Waals surface area contributed by atoms with E-state index in [0.29, 0.717) is 12.0 Å². The molecule has 1 fully saturated rings. The van der Waals surface area contributed by atoms with Crippen molar-refractivity contribution in [1.29, 1.82) is 0 Å². The van der Waals surface area contributed by atoms with Crippen LogP contribution in [0.4, 0.5) is 0 Å². The van der Waals surface area contributed by atoms with E-state index in [1.165, 1.54) is 24.0 Å². The first-order chi connectivity index (χ1) is 9.63. The summed E-state index contributed by atoms with van der Waals surface area (Å²) in [6.07, 6.45) is 5.36. The summed E-state index contributed by atoms with van der Waals surface area (Å²) in [6.45, 7) is 8.39. The van der Waals surface area contributed by atoms with E-state index in [0.717, 1.165) is 32.0 Å². The Bertz CT molecular complexity index is 398. The Hall–Kier alpha value is -0.860. The third-order valence-corrected chi connectivity index (χ3v) is 3.86. The van der Waals surface area contributed by atoms with E-state index in [9.17, 15) is 0 Å². The second-order valence-corrected chi connectivity index (χ2v) is 6.45. The highest BCUT2D eigenvalue weighted by Crippen LogP contribution is 2.20. The molecule has 2 nitrogen and oxygen atoms in total. The minimum Gasteiger partial charge on any atom is -0.379 e. The number of ether oxygens (including phenoxy) is 1. The van der Waals surface area contributed by atoms with Crippen LogP contribution in [0.25, 0.3) is 0 Å². The standard InChI is InChI=1S/C18H29NO/c1-14(2)20-10-9-17(13-19-18-7-8-18)12-16-6-4-5-15(3)11-16/h4-6,11,14,17-19H,7-10,12-13H2,1-3H3. The fourth-order valence-corrected chi connectivity index (χ4v) is 2.54. The van der Waals surface area contributed by atoms with Gasteiger partial charge >= 0.3 is 0 Å². The SMILES string of the molecule is Cc1cccc(CC(CCOC(C)C)CNC2CC2)c1. The zero-order valence-corrected chi connectivity index (χ0v) is 13.2. The molecule has 1 aromatic carbocycles. The summed E-state index contributed by atoms with van der Waals surface area (Å²) in [4.78, 5) is 0. The van der Waals surface area contributed by atoms with E-state index < -0.39 is 0 Å². The number of aryl methyl sites for hydroxylation is 1. The van der Waals surface area contributed by atoms with Gasteiger partial charge in [0.15, 0.2) is 0 Å². The molecule has 1 atom stereocenters. The minimum absolute atomic E-state index is 0.339. The van der Waals surface area contributed by atoms with E-state index in [2.05, 4.69) is 50.4 Å². The molecule has 1 saturated carbocycles. The van der Waals surface area contributed by atoms with Crippen molar-refractivity contribution in [2.75, 3.05) is 13.2 Å². The fraction of sp³-hybridized carbons (Fsp3) is 0.667. The Morgan fingerprint density at radius 3 is 2.75 bits per heavy atom. The Labute approximate surface area is 123 Å². The zero-order chi connectivity index (χ0) is 14.4. The molecule has 112 valence electrons. The van der Waals surface area contributed by atoms with Crippen LogP contribution in [0.15, 0.2) is 24.3 Å². The molecule has 2 heteroatoms. The molecule has 0 radical (unpaired) electrons. The van der Waals surface area contributed by atoms with Gasteiger partial charge in [-0.2, -0.15) is 0 Å². The number of nitrogens with one attached hydrogen (secondary N) is 1. The largest absolute Gasteiger partial charge is 0.379 e. The van der Waals surface area contributed by atoms with Crippen LogP contribution in [0.5, 0.6) is 0 Å². The van der Waals surface area contributed by atoms with Gasteiger partial charge in [-0.25, -0.2) is 0 Å². The van der Waals surface area contributed by atoms with E-state index in [1.54, 1.807) is 0 Å². The van der Waals surface area contributed by atoms with Crippen molar-refractivity contribution in [3.63, 3.8) is 0 Å². The topological polar surface area (TPSA) is 21.3 Å². The molecule has 2 rings (SSSR count). The lowest BCUT2D eigenvalue weighted by atomic mass is 9.95. The first kappa shape index (κ1) is 15.5. The van der Waals surface area contributed by atoms with Gasteiger partial charge < -0.3 is 10.1 Å². The van der Waals surface area contributed by atoms with Gasteiger partial charge in [-0.15, -0.1) is 0 Å². The Kier molecular flexibility index (Phi) is 6.06. The van der Waals surface area contributed by atoms with Crippen molar-refractivity contribution >= 4 is 0 Å². The lowest BCUT2D eigenvalue weighted by Crippen LogP contribution is -2.27. The lowest BCUT2D eigenvalue weighted by molar-refractivity contribution is 0.0682. The first-order valence-corrected chi connectivity index (χ1v) is 8.04. The molecule has 1 aromatic rings. The average Bonchev–Trinajstić information content (AvgIpc) is 3.19. The summed E-state index contributed by atoms with van der Waals surface area (Å²) in [5, 5.41) is 3.67. The summed E-state index contributed by atoms with van der Waals surface area (Å²) in [7, 11) is 0. The van der Waals surface area contributed by atoms with E-state index in [1.807, 2.05) is 0 Å². The van der Waals surface area contributed by atoms with E-state index >= 15 is 0 Å². The molecular formula is C18H29NO. The summed E-state index contributed by atoms with van der Waals surface area (Å²) in [5.41, 5.74) is 2.81. The molecule has 0 amide bonds. The molecule has 0 heterocycles. The number of hydrogen-bond acceptors (Lipinski definition) is 2. The molecular weight excluding hydrogens is 246 g/mol. The van der Waals surface area contributed by atoms with Crippen LogP contribution in [-0.4, -0.2) is 25.3 Å². The van der Waals surface area contributed by atoms with Crippen LogP contribution in [0.2, 0.25) is 0 Å². The van der Waals surface area contributed by atoms with Gasteiger partial charge in [0, 0.05) is 12.6 Å². The van der Waals surface area contributed by atoms with Crippen molar-refractivity contribution in [2.24, 2.45) is 5.92 Å². The van der Waals surface area contributed by atoms with Crippen LogP contribution in [0.1, 0.15) is 44.2 Å². The Balaban J connectivity index is 1.83. The summed E-state index contributed by atoms with van der Waals surface area (Å²) in [5.74, 6) is 0.677. The summed E-state index contributed by atoms with van der Waals surface area (Å²) in [6, 6.07) is 9.69. The number of rotatable bonds is 9. The van der Waals surface area contributed by atoms with Crippen molar-refractivity contribution < 1.29 is 4.74 Å². The van der Waals surface area contributed by atoms with Crippen LogP contribution >= 0.6 is 0 Å². The van der Waals surface area contributed by atoms with Crippen molar-refractivity contribution in [3.8, 4) is 0 Å². The average molecular weight is 275 g/mol. The highest BCUT2D eigenvalue weighted by atomic mass is 16.5. The van der Waals surface area contributed by atoms with Gasteiger partial charge in [0.2, 0.25) is 0 Å². The molecule has 0 bridgehead atoms. The second-order valence-electron chi connectivity index (χ2n) is 6.45. The quantitative estimate of drug-likeness (QED) is 0.741. The van der Waals surface area contributed by atoms with Gasteiger partial charge in [0.25, 0.3) is 0 Å². The second kappa shape index (κ2) is 7.80. The number of hydrogen-bond donors (Lipinski definition) is 1. The third-order valence-electron chi connectivity index (χ3n) is 3.86. The van der Waals surface area contributed by atoms with E-state index in [-0.39, 0.29) is 0 Å². The maximum Gasteiger partial charge on any atom is 0.0518 e. The van der Waals surface area contributed by atoms with Crippen LogP contribution < -0.4 is 5.32 Å². The fourth-order valence-electron chi connectivity index (χ4n) is 2.54. The Morgan fingerprint density at radius 2 is 2.10 bits per heavy atom. The molecule has 20 heavy (non-hydrogen) atoms. The third kappa shape index (κ3) is 6.06. The van der Waals surface area contributed by atoms with Gasteiger partial charge in [-0.1, -0.05) is 29.8 Å². The summed E-state index contributed by atoms with van der Waals surface area (Å²) < 4.78 is 5.73. The molecule has 0 aliphatic heterocycles. The predicted octanol–water partition coefficient (Wildman–Crippen LogP) is 3.72. The first-order valence-electron chi connectivity index (χ1n) is 8.04. The van der Waals surface area contributed by atoms with Crippen molar-refractivity contribution in [1.82, 2.24) is 5.32 Å². The molecule has 1 aliphatic carbocycles. The van der Waals surface area contributed by atoms with Gasteiger partial charge in [-0.3, -0.25) is 0 Å². The molecule has 1 unspecified atom stereocenters. The molecule has 1 aliphatic rings. The van der Waals surface area contributed by atoms with Crippen molar-refractivity contribution in [3.05, 3.63) is 35.4 Å². The smallest absolute Gasteiger partial charge is 0.0518 e. The normalized spacial score (nSPS) is 16.6. The molecule has 1 N–H and O–H groups in total. The predicted molar refractivity (Wildman–Crippen MR) is 85.1 cm³/mol. The maximum atomic E-state index is 5.73. The van der Waals surface area contributed by atoms with Crippen LogP contribution in [0, 0.1) is 12.8 Å². The van der Waals surface area contributed by atoms with Crippen LogP contribution in [-0.2, 0) is 11.2 Å². The Morgan fingerprint density at radius 1 is 1.30 bits per heavy atom. The van der Waals surface area contributed by atoms with Gasteiger partial charge in [0.1, 0.15) is 0 Å². The lowest BCUT2D eigenvalue weighted by Gasteiger charge is -2.19.